The molecule has 4 fully saturated rings. The number of nitriles is 1. The molecule has 186 valence electrons. The van der Waals surface area contributed by atoms with Crippen molar-refractivity contribution in [1.29, 1.82) is 5.26 Å². The molecular weight excluding hydrogens is 464 g/mol. The molecule has 1 saturated carbocycles. The molecular formula is C27H27F2N5O2. The molecule has 0 aromatic heterocycles. The topological polar surface area (TPSA) is 93.7 Å². The zero-order chi connectivity index (χ0) is 25.1. The first-order chi connectivity index (χ1) is 17.4. The predicted octanol–water partition coefficient (Wildman–Crippen LogP) is 2.18. The van der Waals surface area contributed by atoms with Gasteiger partial charge in [0.15, 0.2) is 0 Å². The standard InChI is InChI=1S/C27H27F2N5O2/c28-18-5-1-15(2-6-18)25(16-3-7-19(29)8-4-16)34-21-11-24(27(34)36)32(13-21)14-22(31)26(35)33-20(12-30)9-17-10-23(17)33/h1-8,17,20-25H,9-11,13-14,31H2/t17-,20+,21+,22+,23?,24+/m1/s1. The fourth-order valence-electron chi connectivity index (χ4n) is 6.44. The molecule has 36 heavy (non-hydrogen) atoms. The lowest BCUT2D eigenvalue weighted by atomic mass is 9.96. The van der Waals surface area contributed by atoms with Crippen molar-refractivity contribution in [3.05, 3.63) is 71.3 Å². The van der Waals surface area contributed by atoms with Gasteiger partial charge in [-0.2, -0.15) is 5.26 Å². The molecule has 2 amide bonds. The Morgan fingerprint density at radius 2 is 1.64 bits per heavy atom. The van der Waals surface area contributed by atoms with Crippen molar-refractivity contribution in [2.24, 2.45) is 11.7 Å². The van der Waals surface area contributed by atoms with E-state index >= 15 is 0 Å². The molecule has 9 heteroatoms. The van der Waals surface area contributed by atoms with E-state index < -0.39 is 24.2 Å². The van der Waals surface area contributed by atoms with Gasteiger partial charge in [0.2, 0.25) is 11.8 Å². The number of carbonyl (C=O) groups is 2. The normalized spacial score (nSPS) is 29.5. The highest BCUT2D eigenvalue weighted by atomic mass is 19.1. The predicted molar refractivity (Wildman–Crippen MR) is 126 cm³/mol. The van der Waals surface area contributed by atoms with Gasteiger partial charge in [-0.25, -0.2) is 8.78 Å². The van der Waals surface area contributed by atoms with E-state index in [1.54, 1.807) is 29.2 Å². The summed E-state index contributed by atoms with van der Waals surface area (Å²) < 4.78 is 27.3. The first-order valence-electron chi connectivity index (χ1n) is 12.4. The minimum Gasteiger partial charge on any atom is -0.326 e. The third-order valence-electron chi connectivity index (χ3n) is 8.22. The molecule has 6 atom stereocenters. The van der Waals surface area contributed by atoms with E-state index in [9.17, 15) is 23.6 Å². The highest BCUT2D eigenvalue weighted by Crippen LogP contribution is 2.48. The molecule has 6 rings (SSSR count). The van der Waals surface area contributed by atoms with E-state index in [2.05, 4.69) is 6.07 Å². The van der Waals surface area contributed by atoms with Gasteiger partial charge >= 0.3 is 0 Å². The van der Waals surface area contributed by atoms with Crippen LogP contribution in [0.15, 0.2) is 48.5 Å². The van der Waals surface area contributed by atoms with Gasteiger partial charge in [0.05, 0.1) is 24.2 Å². The number of carbonyl (C=O) groups excluding carboxylic acids is 2. The van der Waals surface area contributed by atoms with Crippen molar-refractivity contribution in [2.45, 2.75) is 55.5 Å². The molecule has 1 unspecified atom stereocenters. The van der Waals surface area contributed by atoms with Gasteiger partial charge in [-0.3, -0.25) is 14.5 Å². The number of benzene rings is 2. The first kappa shape index (κ1) is 23.1. The molecule has 2 N–H and O–H groups in total. The summed E-state index contributed by atoms with van der Waals surface area (Å²) >= 11 is 0. The molecule has 2 aromatic carbocycles. The van der Waals surface area contributed by atoms with Crippen LogP contribution in [0.1, 0.15) is 36.4 Å². The van der Waals surface area contributed by atoms with Crippen LogP contribution in [0, 0.1) is 28.9 Å². The molecule has 7 nitrogen and oxygen atoms in total. The van der Waals surface area contributed by atoms with Gasteiger partial charge in [-0.05, 0) is 60.6 Å². The van der Waals surface area contributed by atoms with E-state index in [0.29, 0.717) is 18.9 Å². The monoisotopic (exact) mass is 491 g/mol. The quantitative estimate of drug-likeness (QED) is 0.669. The third kappa shape index (κ3) is 3.76. The van der Waals surface area contributed by atoms with Crippen LogP contribution < -0.4 is 5.73 Å². The summed E-state index contributed by atoms with van der Waals surface area (Å²) in [6, 6.07) is 12.2. The van der Waals surface area contributed by atoms with Crippen LogP contribution in [-0.4, -0.2) is 69.8 Å². The maximum Gasteiger partial charge on any atom is 0.242 e. The maximum atomic E-state index is 13.6. The van der Waals surface area contributed by atoms with E-state index in [1.165, 1.54) is 24.3 Å². The Morgan fingerprint density at radius 3 is 2.19 bits per heavy atom. The second-order valence-electron chi connectivity index (χ2n) is 10.4. The molecule has 0 spiro atoms. The summed E-state index contributed by atoms with van der Waals surface area (Å²) in [5.74, 6) is -0.620. The Labute approximate surface area is 208 Å². The van der Waals surface area contributed by atoms with Gasteiger partial charge in [-0.1, -0.05) is 24.3 Å². The van der Waals surface area contributed by atoms with Crippen LogP contribution in [0.3, 0.4) is 0 Å². The summed E-state index contributed by atoms with van der Waals surface area (Å²) in [7, 11) is 0. The zero-order valence-corrected chi connectivity index (χ0v) is 19.6. The van der Waals surface area contributed by atoms with E-state index in [0.717, 1.165) is 24.0 Å². The number of nitrogens with two attached hydrogens (primary N) is 1. The number of piperazine rings is 1. The van der Waals surface area contributed by atoms with Crippen molar-refractivity contribution in [3.8, 4) is 6.07 Å². The number of hydrogen-bond acceptors (Lipinski definition) is 5. The summed E-state index contributed by atoms with van der Waals surface area (Å²) in [6.07, 6.45) is 2.26. The van der Waals surface area contributed by atoms with Crippen molar-refractivity contribution in [3.63, 3.8) is 0 Å². The fraction of sp³-hybridized carbons (Fsp3) is 0.444. The van der Waals surface area contributed by atoms with Gasteiger partial charge in [0.1, 0.15) is 17.7 Å². The van der Waals surface area contributed by atoms with E-state index in [1.807, 2.05) is 9.80 Å². The number of piperidine rings is 1. The largest absolute Gasteiger partial charge is 0.326 e. The van der Waals surface area contributed by atoms with Gasteiger partial charge in [0, 0.05) is 25.2 Å². The maximum absolute atomic E-state index is 13.6. The number of amides is 2. The molecule has 0 radical (unpaired) electrons. The van der Waals surface area contributed by atoms with Crippen molar-refractivity contribution < 1.29 is 18.4 Å². The Morgan fingerprint density at radius 1 is 1.03 bits per heavy atom. The second kappa shape index (κ2) is 8.64. The first-order valence-corrected chi connectivity index (χ1v) is 12.4. The SMILES string of the molecule is N#C[C@@H]1C[C@@H]2CC2N1C(=O)[C@@H](N)CN1C[C@@H]2C[C@H]1C(=O)N2C(c1ccc(F)cc1)c1ccc(F)cc1. The van der Waals surface area contributed by atoms with Crippen LogP contribution in [0.2, 0.25) is 0 Å². The number of rotatable bonds is 6. The number of fused-ring (bicyclic) bond motifs is 3. The molecule has 2 aromatic rings. The third-order valence-corrected chi connectivity index (χ3v) is 8.22. The van der Waals surface area contributed by atoms with E-state index in [-0.39, 0.29) is 42.1 Å². The Bertz CT molecular complexity index is 1180. The summed E-state index contributed by atoms with van der Waals surface area (Å²) in [6.45, 7) is 0.813. The highest BCUT2D eigenvalue weighted by molar-refractivity contribution is 5.87. The number of nitrogens with zero attached hydrogens (tertiary/aromatic N) is 4. The molecule has 3 saturated heterocycles. The Balaban J connectivity index is 1.20. The second-order valence-corrected chi connectivity index (χ2v) is 10.4. The highest BCUT2D eigenvalue weighted by Gasteiger charge is 2.56. The Kier molecular flexibility index (Phi) is 5.54. The van der Waals surface area contributed by atoms with Crippen LogP contribution in [-0.2, 0) is 9.59 Å². The zero-order valence-electron chi connectivity index (χ0n) is 19.6. The van der Waals surface area contributed by atoms with Crippen LogP contribution in [0.5, 0.6) is 0 Å². The number of likely N-dealkylation sites (tertiary alicyclic amines) is 3. The lowest BCUT2D eigenvalue weighted by molar-refractivity contribution is -0.140. The minimum atomic E-state index is -0.800. The van der Waals surface area contributed by atoms with Crippen molar-refractivity contribution in [2.75, 3.05) is 13.1 Å². The fourth-order valence-corrected chi connectivity index (χ4v) is 6.44. The average molecular weight is 492 g/mol. The lowest BCUT2D eigenvalue weighted by Gasteiger charge is -2.40. The van der Waals surface area contributed by atoms with Gasteiger partial charge in [-0.15, -0.1) is 0 Å². The number of hydrogen-bond donors (Lipinski definition) is 1. The molecule has 3 heterocycles. The van der Waals surface area contributed by atoms with Gasteiger partial charge in [0.25, 0.3) is 0 Å². The lowest BCUT2D eigenvalue weighted by Crippen LogP contribution is -2.57. The Hall–Kier alpha value is -3.35. The average Bonchev–Trinajstić information content (AvgIpc) is 3.19. The van der Waals surface area contributed by atoms with Crippen LogP contribution in [0.25, 0.3) is 0 Å². The van der Waals surface area contributed by atoms with E-state index in [4.69, 9.17) is 5.73 Å². The van der Waals surface area contributed by atoms with Crippen molar-refractivity contribution in [1.82, 2.24) is 14.7 Å². The molecule has 3 aliphatic heterocycles. The van der Waals surface area contributed by atoms with Gasteiger partial charge < -0.3 is 15.5 Å². The van der Waals surface area contributed by atoms with Crippen LogP contribution >= 0.6 is 0 Å². The van der Waals surface area contributed by atoms with Crippen molar-refractivity contribution >= 4 is 11.8 Å². The summed E-state index contributed by atoms with van der Waals surface area (Å²) in [5.41, 5.74) is 7.81. The summed E-state index contributed by atoms with van der Waals surface area (Å²) in [4.78, 5) is 32.2. The summed E-state index contributed by atoms with van der Waals surface area (Å²) in [5, 5.41) is 9.42. The van der Waals surface area contributed by atoms with Crippen LogP contribution in [0.4, 0.5) is 8.78 Å². The number of halogens is 2. The smallest absolute Gasteiger partial charge is 0.242 e. The molecule has 2 bridgehead atoms. The molecule has 1 aliphatic carbocycles. The molecule has 4 aliphatic rings. The minimum absolute atomic E-state index is 0.0807.